The quantitative estimate of drug-likeness (QED) is 0.605. The molecule has 0 saturated carbocycles. The summed E-state index contributed by atoms with van der Waals surface area (Å²) in [5.41, 5.74) is 0. The first-order valence-corrected chi connectivity index (χ1v) is 4.13. The lowest BCUT2D eigenvalue weighted by Crippen LogP contribution is -2.50. The van der Waals surface area contributed by atoms with Gasteiger partial charge in [0.25, 0.3) is 0 Å². The molecule has 3 N–H and O–H groups in total. The number of carbonyl (C=O) groups excluding carboxylic acids is 2. The third-order valence-electron chi connectivity index (χ3n) is 1.25. The predicted octanol–water partition coefficient (Wildman–Crippen LogP) is 0.425. The maximum atomic E-state index is 11.1. The van der Waals surface area contributed by atoms with Gasteiger partial charge in [0.15, 0.2) is 0 Å². The highest BCUT2D eigenvalue weighted by atomic mass is 16.4. The normalized spacial score (nSPS) is 9.00. The van der Waals surface area contributed by atoms with Crippen LogP contribution in [0.25, 0.3) is 0 Å². The van der Waals surface area contributed by atoms with Gasteiger partial charge < -0.3 is 15.7 Å². The second-order valence-electron chi connectivity index (χ2n) is 2.29. The topological polar surface area (TPSA) is 98.7 Å². The first kappa shape index (κ1) is 12.2. The van der Waals surface area contributed by atoms with E-state index in [-0.39, 0.29) is 18.0 Å². The molecule has 0 aromatic rings. The van der Waals surface area contributed by atoms with Crippen LogP contribution < -0.4 is 10.6 Å². The molecule has 0 aliphatic rings. The summed E-state index contributed by atoms with van der Waals surface area (Å²) in [6.45, 7) is 3.75. The van der Waals surface area contributed by atoms with Crippen LogP contribution in [0.1, 0.15) is 13.8 Å². The third-order valence-corrected chi connectivity index (χ3v) is 1.25. The summed E-state index contributed by atoms with van der Waals surface area (Å²) in [6.07, 6.45) is -1.61. The van der Waals surface area contributed by atoms with Crippen molar-refractivity contribution in [3.8, 4) is 0 Å². The van der Waals surface area contributed by atoms with Crippen LogP contribution in [0, 0.1) is 0 Å². The summed E-state index contributed by atoms with van der Waals surface area (Å²) in [6, 6.07) is -1.91. The molecule has 0 fully saturated rings. The number of hydrogen-bond donors (Lipinski definition) is 3. The fourth-order valence-electron chi connectivity index (χ4n) is 0.727. The van der Waals surface area contributed by atoms with Crippen molar-refractivity contribution < 1.29 is 19.5 Å². The van der Waals surface area contributed by atoms with Crippen LogP contribution in [-0.4, -0.2) is 41.3 Å². The molecule has 7 nitrogen and oxygen atoms in total. The van der Waals surface area contributed by atoms with Gasteiger partial charge in [0, 0.05) is 13.1 Å². The van der Waals surface area contributed by atoms with Crippen LogP contribution in [0.3, 0.4) is 0 Å². The maximum Gasteiger partial charge on any atom is 0.424 e. The van der Waals surface area contributed by atoms with E-state index in [1.165, 1.54) is 0 Å². The van der Waals surface area contributed by atoms with Gasteiger partial charge in [-0.1, -0.05) is 0 Å². The molecular weight excluding hydrogens is 190 g/mol. The minimum absolute atomic E-state index is 0.0903. The maximum absolute atomic E-state index is 11.1. The largest absolute Gasteiger partial charge is 0.464 e. The number of nitrogens with zero attached hydrogens (tertiary/aromatic N) is 1. The summed E-state index contributed by atoms with van der Waals surface area (Å²) >= 11 is 0. The van der Waals surface area contributed by atoms with Gasteiger partial charge >= 0.3 is 18.2 Å². The number of imide groups is 3. The Labute approximate surface area is 81.1 Å². The van der Waals surface area contributed by atoms with Crippen LogP contribution in [0.15, 0.2) is 0 Å². The molecule has 0 unspecified atom stereocenters. The summed E-state index contributed by atoms with van der Waals surface area (Å²) in [4.78, 5) is 32.8. The molecule has 80 valence electrons. The molecule has 0 aliphatic carbocycles. The molecule has 0 aliphatic heterocycles. The number of hydrogen-bond acceptors (Lipinski definition) is 3. The summed E-state index contributed by atoms with van der Waals surface area (Å²) < 4.78 is 0. The van der Waals surface area contributed by atoms with E-state index in [0.717, 1.165) is 0 Å². The van der Waals surface area contributed by atoms with Crippen LogP contribution in [0.5, 0.6) is 0 Å². The van der Waals surface area contributed by atoms with Gasteiger partial charge in [-0.05, 0) is 13.8 Å². The Morgan fingerprint density at radius 3 is 1.64 bits per heavy atom. The van der Waals surface area contributed by atoms with E-state index in [1.54, 1.807) is 13.8 Å². The van der Waals surface area contributed by atoms with Gasteiger partial charge in [0.2, 0.25) is 0 Å². The number of nitrogens with one attached hydrogen (secondary N) is 2. The zero-order valence-electron chi connectivity index (χ0n) is 8.03. The number of rotatable bonds is 2. The number of carboxylic acid groups (broad SMARTS) is 1. The standard InChI is InChI=1S/C7H13N3O4/c1-3-8-5(11)10(7(13)14)6(12)9-4-2/h3-4H2,1-2H3,(H,8,11)(H,9,12)(H,13,14). The lowest BCUT2D eigenvalue weighted by molar-refractivity contribution is 0.150. The Bertz CT molecular complexity index is 223. The summed E-state index contributed by atoms with van der Waals surface area (Å²) in [5.74, 6) is 0. The first-order valence-electron chi connectivity index (χ1n) is 4.13. The van der Waals surface area contributed by atoms with Gasteiger partial charge in [0.05, 0.1) is 0 Å². The first-order chi connectivity index (χ1) is 6.54. The van der Waals surface area contributed by atoms with E-state index < -0.39 is 18.2 Å². The van der Waals surface area contributed by atoms with Crippen molar-refractivity contribution in [2.24, 2.45) is 0 Å². The van der Waals surface area contributed by atoms with Crippen molar-refractivity contribution in [1.29, 1.82) is 0 Å². The highest BCUT2D eigenvalue weighted by molar-refractivity contribution is 6.06. The molecule has 14 heavy (non-hydrogen) atoms. The molecule has 0 aromatic heterocycles. The van der Waals surface area contributed by atoms with Crippen LogP contribution in [-0.2, 0) is 0 Å². The molecule has 0 atom stereocenters. The van der Waals surface area contributed by atoms with Crippen LogP contribution >= 0.6 is 0 Å². The van der Waals surface area contributed by atoms with Crippen molar-refractivity contribution in [1.82, 2.24) is 15.5 Å². The lowest BCUT2D eigenvalue weighted by Gasteiger charge is -2.15. The highest BCUT2D eigenvalue weighted by Crippen LogP contribution is 1.92. The fraction of sp³-hybridized carbons (Fsp3) is 0.571. The highest BCUT2D eigenvalue weighted by Gasteiger charge is 2.27. The monoisotopic (exact) mass is 203 g/mol. The van der Waals surface area contributed by atoms with Crippen molar-refractivity contribution in [2.75, 3.05) is 13.1 Å². The van der Waals surface area contributed by atoms with Gasteiger partial charge in [-0.25, -0.2) is 14.4 Å². The second-order valence-corrected chi connectivity index (χ2v) is 2.29. The van der Waals surface area contributed by atoms with Gasteiger partial charge in [0.1, 0.15) is 0 Å². The van der Waals surface area contributed by atoms with E-state index in [2.05, 4.69) is 10.6 Å². The molecule has 0 bridgehead atoms. The molecule has 0 heterocycles. The van der Waals surface area contributed by atoms with E-state index in [0.29, 0.717) is 0 Å². The van der Waals surface area contributed by atoms with E-state index >= 15 is 0 Å². The Balaban J connectivity index is 4.51. The Morgan fingerprint density at radius 1 is 1.07 bits per heavy atom. The summed E-state index contributed by atoms with van der Waals surface area (Å²) in [7, 11) is 0. The fourth-order valence-corrected chi connectivity index (χ4v) is 0.727. The predicted molar refractivity (Wildman–Crippen MR) is 48.0 cm³/mol. The Morgan fingerprint density at radius 2 is 1.43 bits per heavy atom. The van der Waals surface area contributed by atoms with Crippen LogP contribution in [0.2, 0.25) is 0 Å². The Hall–Kier alpha value is -1.79. The average molecular weight is 203 g/mol. The molecule has 0 aromatic carbocycles. The zero-order chi connectivity index (χ0) is 11.1. The molecule has 0 saturated heterocycles. The van der Waals surface area contributed by atoms with E-state index in [4.69, 9.17) is 5.11 Å². The zero-order valence-corrected chi connectivity index (χ0v) is 8.03. The van der Waals surface area contributed by atoms with Gasteiger partial charge in [-0.15, -0.1) is 4.90 Å². The van der Waals surface area contributed by atoms with Crippen molar-refractivity contribution >= 4 is 18.2 Å². The number of amides is 5. The molecule has 0 rings (SSSR count). The summed E-state index contributed by atoms with van der Waals surface area (Å²) in [5, 5.41) is 13.0. The SMILES string of the molecule is CCNC(=O)N(C(=O)O)C(=O)NCC. The molecular formula is C7H13N3O4. The second kappa shape index (κ2) is 5.79. The minimum atomic E-state index is -1.61. The smallest absolute Gasteiger partial charge is 0.424 e. The molecule has 0 spiro atoms. The van der Waals surface area contributed by atoms with E-state index in [9.17, 15) is 14.4 Å². The molecule has 5 amide bonds. The van der Waals surface area contributed by atoms with Gasteiger partial charge in [-0.2, -0.15) is 0 Å². The van der Waals surface area contributed by atoms with Crippen molar-refractivity contribution in [3.63, 3.8) is 0 Å². The van der Waals surface area contributed by atoms with Crippen LogP contribution in [0.4, 0.5) is 14.4 Å². The van der Waals surface area contributed by atoms with Crippen molar-refractivity contribution in [3.05, 3.63) is 0 Å². The Kier molecular flexibility index (Phi) is 5.05. The number of urea groups is 2. The van der Waals surface area contributed by atoms with Crippen molar-refractivity contribution in [2.45, 2.75) is 13.8 Å². The van der Waals surface area contributed by atoms with E-state index in [1.807, 2.05) is 0 Å². The van der Waals surface area contributed by atoms with Gasteiger partial charge in [-0.3, -0.25) is 0 Å². The molecule has 7 heteroatoms. The lowest BCUT2D eigenvalue weighted by atomic mass is 10.6. The average Bonchev–Trinajstić information content (AvgIpc) is 2.04. The molecule has 0 radical (unpaired) electrons. The number of carbonyl (C=O) groups is 3. The minimum Gasteiger partial charge on any atom is -0.464 e. The third kappa shape index (κ3) is 3.30.